The third-order valence-electron chi connectivity index (χ3n) is 3.68. The molecule has 0 aliphatic carbocycles. The van der Waals surface area contributed by atoms with Gasteiger partial charge in [0.25, 0.3) is 5.91 Å². The quantitative estimate of drug-likeness (QED) is 0.545. The van der Waals surface area contributed by atoms with Crippen molar-refractivity contribution in [3.63, 3.8) is 0 Å². The zero-order valence-electron chi connectivity index (χ0n) is 14.6. The van der Waals surface area contributed by atoms with Crippen molar-refractivity contribution in [1.29, 1.82) is 0 Å². The summed E-state index contributed by atoms with van der Waals surface area (Å²) in [5, 5.41) is 24.5. The number of anilines is 2. The van der Waals surface area contributed by atoms with E-state index in [4.69, 9.17) is 9.84 Å². The monoisotopic (exact) mass is 386 g/mol. The molecule has 3 N–H and O–H groups in total. The third kappa shape index (κ3) is 4.50. The van der Waals surface area contributed by atoms with Crippen LogP contribution in [0.25, 0.3) is 10.8 Å². The van der Waals surface area contributed by atoms with E-state index >= 15 is 0 Å². The highest BCUT2D eigenvalue weighted by Crippen LogP contribution is 2.30. The van der Waals surface area contributed by atoms with Crippen molar-refractivity contribution in [2.24, 2.45) is 0 Å². The maximum Gasteiger partial charge on any atom is 0.305 e. The molecule has 0 aliphatic heterocycles. The molecular weight excluding hydrogens is 368 g/mol. The minimum atomic E-state index is -0.903. The van der Waals surface area contributed by atoms with Gasteiger partial charge in [0.2, 0.25) is 10.3 Å². The van der Waals surface area contributed by atoms with Crippen molar-refractivity contribution >= 4 is 44.2 Å². The lowest BCUT2D eigenvalue weighted by Crippen LogP contribution is -2.14. The van der Waals surface area contributed by atoms with Gasteiger partial charge in [0.05, 0.1) is 18.6 Å². The van der Waals surface area contributed by atoms with Crippen molar-refractivity contribution in [2.75, 3.05) is 23.8 Å². The Balaban J connectivity index is 1.81. The van der Waals surface area contributed by atoms with Crippen LogP contribution in [0.1, 0.15) is 23.7 Å². The maximum atomic E-state index is 12.9. The number of carbonyl (C=O) groups is 2. The number of hydrogen-bond donors (Lipinski definition) is 3. The minimum absolute atomic E-state index is 0.0327. The first-order valence-corrected chi connectivity index (χ1v) is 9.15. The van der Waals surface area contributed by atoms with E-state index in [1.807, 2.05) is 37.3 Å². The van der Waals surface area contributed by atoms with Crippen LogP contribution in [0.2, 0.25) is 0 Å². The van der Waals surface area contributed by atoms with Crippen molar-refractivity contribution in [1.82, 2.24) is 10.2 Å². The number of benzene rings is 2. The number of ether oxygens (including phenoxy) is 1. The van der Waals surface area contributed by atoms with Crippen LogP contribution in [-0.2, 0) is 4.79 Å². The molecule has 140 valence electrons. The highest BCUT2D eigenvalue weighted by molar-refractivity contribution is 7.19. The molecule has 1 heterocycles. The van der Waals surface area contributed by atoms with E-state index < -0.39 is 5.97 Å². The van der Waals surface area contributed by atoms with Gasteiger partial charge in [-0.1, -0.05) is 41.7 Å². The van der Waals surface area contributed by atoms with Crippen LogP contribution in [0.4, 0.5) is 10.3 Å². The van der Waals surface area contributed by atoms with Crippen molar-refractivity contribution in [2.45, 2.75) is 13.3 Å². The number of fused-ring (bicyclic) bond motifs is 1. The van der Waals surface area contributed by atoms with Gasteiger partial charge in [-0.25, -0.2) is 0 Å². The Morgan fingerprint density at radius 3 is 2.70 bits per heavy atom. The highest BCUT2D eigenvalue weighted by Gasteiger charge is 2.18. The summed E-state index contributed by atoms with van der Waals surface area (Å²) in [7, 11) is 0. The van der Waals surface area contributed by atoms with Crippen LogP contribution >= 0.6 is 11.3 Å². The van der Waals surface area contributed by atoms with E-state index in [-0.39, 0.29) is 18.9 Å². The molecule has 0 bridgehead atoms. The van der Waals surface area contributed by atoms with Crippen LogP contribution < -0.4 is 15.4 Å². The Labute approximate surface area is 159 Å². The summed E-state index contributed by atoms with van der Waals surface area (Å²) < 4.78 is 5.62. The van der Waals surface area contributed by atoms with E-state index in [0.717, 1.165) is 22.1 Å². The summed E-state index contributed by atoms with van der Waals surface area (Å²) in [6.07, 6.45) is -0.0327. The lowest BCUT2D eigenvalue weighted by molar-refractivity contribution is -0.136. The van der Waals surface area contributed by atoms with Crippen LogP contribution in [-0.4, -0.2) is 40.3 Å². The fourth-order valence-corrected chi connectivity index (χ4v) is 3.21. The first-order valence-electron chi connectivity index (χ1n) is 8.33. The number of rotatable bonds is 8. The molecule has 9 heteroatoms. The number of amides is 1. The van der Waals surface area contributed by atoms with Crippen molar-refractivity contribution < 1.29 is 19.4 Å². The number of nitrogens with zero attached hydrogens (tertiary/aromatic N) is 2. The van der Waals surface area contributed by atoms with Crippen LogP contribution in [0.15, 0.2) is 36.4 Å². The van der Waals surface area contributed by atoms with Gasteiger partial charge in [-0.2, -0.15) is 0 Å². The number of aliphatic carboxylic acids is 1. The molecule has 8 nitrogen and oxygen atoms in total. The van der Waals surface area contributed by atoms with E-state index in [9.17, 15) is 9.59 Å². The Bertz CT molecular complexity index is 973. The second-order valence-corrected chi connectivity index (χ2v) is 6.51. The topological polar surface area (TPSA) is 113 Å². The predicted molar refractivity (Wildman–Crippen MR) is 104 cm³/mol. The predicted octanol–water partition coefficient (Wildman–Crippen LogP) is 3.23. The largest absolute Gasteiger partial charge is 0.493 e. The normalized spacial score (nSPS) is 10.6. The van der Waals surface area contributed by atoms with Crippen molar-refractivity contribution in [3.8, 4) is 5.75 Å². The Morgan fingerprint density at radius 1 is 1.15 bits per heavy atom. The van der Waals surface area contributed by atoms with Gasteiger partial charge >= 0.3 is 5.97 Å². The molecule has 0 unspecified atom stereocenters. The fraction of sp³-hybridized carbons (Fsp3) is 0.222. The first kappa shape index (κ1) is 18.6. The van der Waals surface area contributed by atoms with Gasteiger partial charge in [0.1, 0.15) is 5.75 Å². The molecule has 0 radical (unpaired) electrons. The molecule has 1 amide bonds. The number of aromatic nitrogens is 2. The molecule has 2 aromatic carbocycles. The van der Waals surface area contributed by atoms with Gasteiger partial charge in [-0.05, 0) is 23.8 Å². The molecule has 0 aliphatic rings. The lowest BCUT2D eigenvalue weighted by atomic mass is 10.0. The number of carbonyl (C=O) groups excluding carboxylic acids is 1. The summed E-state index contributed by atoms with van der Waals surface area (Å²) in [6, 6.07) is 11.3. The minimum Gasteiger partial charge on any atom is -0.493 e. The zero-order valence-corrected chi connectivity index (χ0v) is 15.4. The second kappa shape index (κ2) is 8.45. The van der Waals surface area contributed by atoms with Gasteiger partial charge in [-0.15, -0.1) is 10.2 Å². The Kier molecular flexibility index (Phi) is 5.82. The molecule has 0 atom stereocenters. The van der Waals surface area contributed by atoms with Gasteiger partial charge in [0, 0.05) is 6.54 Å². The van der Waals surface area contributed by atoms with Gasteiger partial charge in [-0.3, -0.25) is 14.9 Å². The Morgan fingerprint density at radius 2 is 1.93 bits per heavy atom. The molecule has 3 aromatic rings. The molecule has 27 heavy (non-hydrogen) atoms. The third-order valence-corrected chi connectivity index (χ3v) is 4.47. The van der Waals surface area contributed by atoms with E-state index in [1.54, 1.807) is 6.07 Å². The molecular formula is C18H18N4O4S. The van der Waals surface area contributed by atoms with Crippen LogP contribution in [0.3, 0.4) is 0 Å². The standard InChI is InChI=1S/C18H18N4O4S/c1-2-26-13-8-7-11-5-3-4-6-12(11)15(13)16(25)20-18-22-21-17(27-18)19-10-9-14(23)24/h3-8H,2,9-10H2,1H3,(H,19,21)(H,23,24)(H,20,22,25). The SMILES string of the molecule is CCOc1ccc2ccccc2c1C(=O)Nc1nnc(NCCC(=O)O)s1. The van der Waals surface area contributed by atoms with Crippen molar-refractivity contribution in [3.05, 3.63) is 42.0 Å². The van der Waals surface area contributed by atoms with E-state index in [1.165, 1.54) is 0 Å². The smallest absolute Gasteiger partial charge is 0.305 e. The molecule has 1 aromatic heterocycles. The number of carboxylic acids is 1. The van der Waals surface area contributed by atoms with E-state index in [2.05, 4.69) is 20.8 Å². The molecule has 0 fully saturated rings. The lowest BCUT2D eigenvalue weighted by Gasteiger charge is -2.12. The van der Waals surface area contributed by atoms with Gasteiger partial charge < -0.3 is 15.2 Å². The first-order chi connectivity index (χ1) is 13.1. The Hall–Kier alpha value is -3.20. The summed E-state index contributed by atoms with van der Waals surface area (Å²) in [4.78, 5) is 23.4. The zero-order chi connectivity index (χ0) is 19.2. The van der Waals surface area contributed by atoms with Gasteiger partial charge in [0.15, 0.2) is 0 Å². The maximum absolute atomic E-state index is 12.9. The molecule has 3 rings (SSSR count). The summed E-state index contributed by atoms with van der Waals surface area (Å²) in [5.41, 5.74) is 0.436. The van der Waals surface area contributed by atoms with Crippen LogP contribution in [0, 0.1) is 0 Å². The summed E-state index contributed by atoms with van der Waals surface area (Å²) in [5.74, 6) is -0.749. The number of nitrogens with one attached hydrogen (secondary N) is 2. The molecule has 0 saturated carbocycles. The van der Waals surface area contributed by atoms with Crippen LogP contribution in [0.5, 0.6) is 5.75 Å². The average molecular weight is 386 g/mol. The second-order valence-electron chi connectivity index (χ2n) is 5.53. The highest BCUT2D eigenvalue weighted by atomic mass is 32.1. The molecule has 0 saturated heterocycles. The summed E-state index contributed by atoms with van der Waals surface area (Å²) in [6.45, 7) is 2.53. The fourth-order valence-electron chi connectivity index (χ4n) is 2.54. The number of hydrogen-bond acceptors (Lipinski definition) is 7. The number of carboxylic acid groups (broad SMARTS) is 1. The van der Waals surface area contributed by atoms with E-state index in [0.29, 0.717) is 28.2 Å². The molecule has 0 spiro atoms. The summed E-state index contributed by atoms with van der Waals surface area (Å²) >= 11 is 1.13. The average Bonchev–Trinajstić information content (AvgIpc) is 3.08.